The maximum Gasteiger partial charge on any atom is 0.151 e. The summed E-state index contributed by atoms with van der Waals surface area (Å²) in [5.74, 6) is 1.86. The van der Waals surface area contributed by atoms with Crippen LogP contribution < -0.4 is 9.47 Å². The molecule has 1 aliphatic heterocycles. The maximum absolute atomic E-state index is 12.0. The Bertz CT molecular complexity index is 913. The molecule has 0 saturated carbocycles. The fraction of sp³-hybridized carbons (Fsp3) is 0.478. The van der Waals surface area contributed by atoms with E-state index in [1.54, 1.807) is 0 Å². The number of aliphatic hydroxyl groups is 1. The van der Waals surface area contributed by atoms with E-state index >= 15 is 0 Å². The molecule has 3 rings (SSSR count). The number of benzene rings is 2. The van der Waals surface area contributed by atoms with Crippen LogP contribution in [0.1, 0.15) is 24.5 Å². The van der Waals surface area contributed by atoms with Crippen LogP contribution in [0, 0.1) is 6.92 Å². The monoisotopic (exact) mass is 433 g/mol. The van der Waals surface area contributed by atoms with Crippen molar-refractivity contribution in [2.75, 3.05) is 31.3 Å². The lowest BCUT2D eigenvalue weighted by Gasteiger charge is -2.30. The second-order valence-electron chi connectivity index (χ2n) is 7.84. The normalized spacial score (nSPS) is 19.0. The lowest BCUT2D eigenvalue weighted by molar-refractivity contribution is 0.0524. The first-order valence-electron chi connectivity index (χ1n) is 10.4. The molecule has 0 aliphatic carbocycles. The van der Waals surface area contributed by atoms with Gasteiger partial charge in [-0.15, -0.1) is 0 Å². The van der Waals surface area contributed by atoms with Gasteiger partial charge in [-0.2, -0.15) is 0 Å². The van der Waals surface area contributed by atoms with Crippen LogP contribution in [0.5, 0.6) is 11.5 Å². The molecule has 30 heavy (non-hydrogen) atoms. The molecule has 1 N–H and O–H groups in total. The molecule has 2 unspecified atom stereocenters. The molecule has 1 heterocycles. The lowest BCUT2D eigenvalue weighted by Crippen LogP contribution is -2.42. The Morgan fingerprint density at radius 1 is 1.13 bits per heavy atom. The van der Waals surface area contributed by atoms with E-state index in [0.717, 1.165) is 22.6 Å². The van der Waals surface area contributed by atoms with E-state index in [-0.39, 0.29) is 24.2 Å². The molecule has 7 heteroatoms. The minimum absolute atomic E-state index is 0.102. The Balaban J connectivity index is 1.64. The minimum atomic E-state index is -3.02. The number of hydrogen-bond donors (Lipinski definition) is 1. The highest BCUT2D eigenvalue weighted by Crippen LogP contribution is 2.22. The van der Waals surface area contributed by atoms with Gasteiger partial charge in [-0.3, -0.25) is 4.90 Å². The molecule has 0 radical (unpaired) electrons. The van der Waals surface area contributed by atoms with Crippen LogP contribution in [0.4, 0.5) is 0 Å². The van der Waals surface area contributed by atoms with Gasteiger partial charge in [0.2, 0.25) is 0 Å². The van der Waals surface area contributed by atoms with Crippen molar-refractivity contribution in [3.05, 3.63) is 59.7 Å². The van der Waals surface area contributed by atoms with Gasteiger partial charge in [0.25, 0.3) is 0 Å². The van der Waals surface area contributed by atoms with Gasteiger partial charge in [0.1, 0.15) is 24.2 Å². The molecular weight excluding hydrogens is 402 g/mol. The third-order valence-electron chi connectivity index (χ3n) is 5.22. The Labute approximate surface area is 179 Å². The van der Waals surface area contributed by atoms with E-state index in [1.807, 2.05) is 62.4 Å². The molecule has 2 atom stereocenters. The summed E-state index contributed by atoms with van der Waals surface area (Å²) in [5.41, 5.74) is 2.14. The van der Waals surface area contributed by atoms with E-state index in [1.165, 1.54) is 0 Å². The second-order valence-corrected chi connectivity index (χ2v) is 10.1. The van der Waals surface area contributed by atoms with Crippen molar-refractivity contribution in [3.63, 3.8) is 0 Å². The standard InChI is InChI=1S/C23H31NO5S/c1-3-28-22-9-7-19(8-10-22)14-24(20-11-12-30(26,27)17-20)15-21(25)16-29-23-6-4-5-18(2)13-23/h4-10,13,20-21,25H,3,11-12,14-17H2,1-2H3. The molecule has 0 spiro atoms. The fourth-order valence-corrected chi connectivity index (χ4v) is 5.48. The zero-order valence-electron chi connectivity index (χ0n) is 17.7. The molecule has 2 aromatic rings. The topological polar surface area (TPSA) is 76.1 Å². The smallest absolute Gasteiger partial charge is 0.151 e. The SMILES string of the molecule is CCOc1ccc(CN(CC(O)COc2cccc(C)c2)C2CCS(=O)(=O)C2)cc1. The van der Waals surface area contributed by atoms with E-state index in [4.69, 9.17) is 9.47 Å². The number of aliphatic hydroxyl groups excluding tert-OH is 1. The zero-order chi connectivity index (χ0) is 21.6. The predicted molar refractivity (Wildman–Crippen MR) is 118 cm³/mol. The van der Waals surface area contributed by atoms with Gasteiger partial charge < -0.3 is 14.6 Å². The highest BCUT2D eigenvalue weighted by atomic mass is 32.2. The summed E-state index contributed by atoms with van der Waals surface area (Å²) in [5, 5.41) is 10.6. The molecule has 1 fully saturated rings. The van der Waals surface area contributed by atoms with Gasteiger partial charge in [0, 0.05) is 19.1 Å². The summed E-state index contributed by atoms with van der Waals surface area (Å²) in [6.45, 7) is 5.60. The summed E-state index contributed by atoms with van der Waals surface area (Å²) < 4.78 is 35.2. The molecule has 6 nitrogen and oxygen atoms in total. The number of nitrogens with zero attached hydrogens (tertiary/aromatic N) is 1. The van der Waals surface area contributed by atoms with Gasteiger partial charge in [-0.05, 0) is 55.7 Å². The first kappa shape index (κ1) is 22.6. The van der Waals surface area contributed by atoms with Crippen molar-refractivity contribution in [2.24, 2.45) is 0 Å². The Morgan fingerprint density at radius 2 is 1.90 bits per heavy atom. The van der Waals surface area contributed by atoms with Crippen molar-refractivity contribution < 1.29 is 23.0 Å². The van der Waals surface area contributed by atoms with E-state index in [2.05, 4.69) is 4.90 Å². The average Bonchev–Trinajstić information content (AvgIpc) is 3.07. The zero-order valence-corrected chi connectivity index (χ0v) is 18.5. The van der Waals surface area contributed by atoms with E-state index in [9.17, 15) is 13.5 Å². The molecule has 1 aliphatic rings. The van der Waals surface area contributed by atoms with E-state index in [0.29, 0.717) is 26.1 Å². The average molecular weight is 434 g/mol. The summed E-state index contributed by atoms with van der Waals surface area (Å²) in [7, 11) is -3.02. The summed E-state index contributed by atoms with van der Waals surface area (Å²) >= 11 is 0. The van der Waals surface area contributed by atoms with Crippen LogP contribution in [-0.4, -0.2) is 61.8 Å². The van der Waals surface area contributed by atoms with Gasteiger partial charge in [-0.25, -0.2) is 8.42 Å². The maximum atomic E-state index is 12.0. The van der Waals surface area contributed by atoms with Crippen molar-refractivity contribution in [2.45, 2.75) is 39.0 Å². The number of aryl methyl sites for hydroxylation is 1. The molecule has 0 amide bonds. The molecule has 0 aromatic heterocycles. The highest BCUT2D eigenvalue weighted by molar-refractivity contribution is 7.91. The summed E-state index contributed by atoms with van der Waals surface area (Å²) in [6, 6.07) is 15.4. The van der Waals surface area contributed by atoms with Crippen LogP contribution in [0.15, 0.2) is 48.5 Å². The summed E-state index contributed by atoms with van der Waals surface area (Å²) in [6.07, 6.45) is -0.137. The molecule has 0 bridgehead atoms. The number of rotatable bonds is 10. The van der Waals surface area contributed by atoms with Crippen molar-refractivity contribution >= 4 is 9.84 Å². The number of hydrogen-bond acceptors (Lipinski definition) is 6. The summed E-state index contributed by atoms with van der Waals surface area (Å²) in [4.78, 5) is 2.06. The lowest BCUT2D eigenvalue weighted by atomic mass is 10.1. The molecule has 164 valence electrons. The van der Waals surface area contributed by atoms with Gasteiger partial charge >= 0.3 is 0 Å². The number of ether oxygens (including phenoxy) is 2. The van der Waals surface area contributed by atoms with Crippen molar-refractivity contribution in [1.29, 1.82) is 0 Å². The first-order chi connectivity index (χ1) is 14.3. The fourth-order valence-electron chi connectivity index (χ4n) is 3.72. The third-order valence-corrected chi connectivity index (χ3v) is 6.97. The molecule has 2 aromatic carbocycles. The van der Waals surface area contributed by atoms with Gasteiger partial charge in [-0.1, -0.05) is 24.3 Å². The van der Waals surface area contributed by atoms with Gasteiger partial charge in [0.05, 0.1) is 18.1 Å². The van der Waals surface area contributed by atoms with Crippen LogP contribution in [0.25, 0.3) is 0 Å². The third kappa shape index (κ3) is 6.72. The van der Waals surface area contributed by atoms with Gasteiger partial charge in [0.15, 0.2) is 9.84 Å². The molecular formula is C23H31NO5S. The number of sulfone groups is 1. The largest absolute Gasteiger partial charge is 0.494 e. The minimum Gasteiger partial charge on any atom is -0.494 e. The van der Waals surface area contributed by atoms with Crippen LogP contribution in [0.2, 0.25) is 0 Å². The molecule has 1 saturated heterocycles. The second kappa shape index (κ2) is 10.3. The Hall–Kier alpha value is -2.09. The van der Waals surface area contributed by atoms with Crippen LogP contribution >= 0.6 is 0 Å². The Kier molecular flexibility index (Phi) is 7.75. The first-order valence-corrected chi connectivity index (χ1v) is 12.2. The van der Waals surface area contributed by atoms with Crippen LogP contribution in [0.3, 0.4) is 0 Å². The Morgan fingerprint density at radius 3 is 2.53 bits per heavy atom. The highest BCUT2D eigenvalue weighted by Gasteiger charge is 2.33. The van der Waals surface area contributed by atoms with Crippen LogP contribution in [-0.2, 0) is 16.4 Å². The van der Waals surface area contributed by atoms with Crippen molar-refractivity contribution in [3.8, 4) is 11.5 Å². The quantitative estimate of drug-likeness (QED) is 0.621. The van der Waals surface area contributed by atoms with Crippen molar-refractivity contribution in [1.82, 2.24) is 4.90 Å². The predicted octanol–water partition coefficient (Wildman–Crippen LogP) is 2.82. The van der Waals surface area contributed by atoms with E-state index < -0.39 is 15.9 Å².